The van der Waals surface area contributed by atoms with E-state index in [0.29, 0.717) is 18.2 Å². The number of rotatable bonds is 9. The molecule has 4 rings (SSSR count). The fourth-order valence-corrected chi connectivity index (χ4v) is 4.14. The van der Waals surface area contributed by atoms with Crippen molar-refractivity contribution in [1.29, 1.82) is 0 Å². The van der Waals surface area contributed by atoms with Crippen LogP contribution in [0.1, 0.15) is 22.5 Å². The van der Waals surface area contributed by atoms with E-state index in [1.165, 1.54) is 17.3 Å². The van der Waals surface area contributed by atoms with Crippen molar-refractivity contribution in [1.82, 2.24) is 35.3 Å². The predicted molar refractivity (Wildman–Crippen MR) is 126 cm³/mol. The van der Waals surface area contributed by atoms with Gasteiger partial charge in [-0.05, 0) is 54.1 Å². The van der Waals surface area contributed by atoms with E-state index in [0.717, 1.165) is 28.4 Å². The molecule has 0 atom stereocenters. The van der Waals surface area contributed by atoms with Crippen molar-refractivity contribution in [2.45, 2.75) is 32.1 Å². The fraction of sp³-hybridized carbons (Fsp3) is 0.261. The summed E-state index contributed by atoms with van der Waals surface area (Å²) in [5.41, 5.74) is 4.98. The van der Waals surface area contributed by atoms with Gasteiger partial charge in [0, 0.05) is 17.8 Å². The van der Waals surface area contributed by atoms with Crippen LogP contribution in [0.5, 0.6) is 5.75 Å². The van der Waals surface area contributed by atoms with Gasteiger partial charge in [0.15, 0.2) is 0 Å². The Morgan fingerprint density at radius 1 is 1.09 bits per heavy atom. The molecular weight excluding hydrogens is 438 g/mol. The summed E-state index contributed by atoms with van der Waals surface area (Å²) >= 11 is 1.28. The van der Waals surface area contributed by atoms with E-state index in [9.17, 15) is 4.79 Å². The standard InChI is InChI=1S/C23H25N7O2S/c1-16-21(17(2)29(26-16)14-18-7-5-4-6-8-18)13-24-22(31)15-33-23-25-27-28-30(23)19-9-11-20(32-3)12-10-19/h4-12H,13-15H2,1-3H3,(H,24,31). The monoisotopic (exact) mass is 463 g/mol. The van der Waals surface area contributed by atoms with Crippen LogP contribution in [0, 0.1) is 13.8 Å². The summed E-state index contributed by atoms with van der Waals surface area (Å²) in [6.45, 7) is 5.12. The molecular formula is C23H25N7O2S. The summed E-state index contributed by atoms with van der Waals surface area (Å²) < 4.78 is 8.75. The van der Waals surface area contributed by atoms with E-state index in [4.69, 9.17) is 4.74 Å². The maximum Gasteiger partial charge on any atom is 0.230 e. The second-order valence-corrected chi connectivity index (χ2v) is 8.37. The van der Waals surface area contributed by atoms with Crippen LogP contribution in [0.4, 0.5) is 0 Å². The number of aryl methyl sites for hydroxylation is 1. The highest BCUT2D eigenvalue weighted by atomic mass is 32.2. The summed E-state index contributed by atoms with van der Waals surface area (Å²) in [4.78, 5) is 12.5. The summed E-state index contributed by atoms with van der Waals surface area (Å²) in [5, 5.41) is 20.0. The number of hydrogen-bond acceptors (Lipinski definition) is 7. The molecule has 0 saturated carbocycles. The van der Waals surface area contributed by atoms with Crippen molar-refractivity contribution >= 4 is 17.7 Å². The number of amides is 1. The molecule has 1 N–H and O–H groups in total. The van der Waals surface area contributed by atoms with Crippen LogP contribution in [0.2, 0.25) is 0 Å². The number of aromatic nitrogens is 6. The molecule has 0 radical (unpaired) electrons. The van der Waals surface area contributed by atoms with Crippen LogP contribution in [0.3, 0.4) is 0 Å². The molecule has 4 aromatic rings. The van der Waals surface area contributed by atoms with Crippen molar-refractivity contribution in [2.24, 2.45) is 0 Å². The SMILES string of the molecule is COc1ccc(-n2nnnc2SCC(=O)NCc2c(C)nn(Cc3ccccc3)c2C)cc1. The fourth-order valence-electron chi connectivity index (χ4n) is 3.42. The van der Waals surface area contributed by atoms with Gasteiger partial charge in [0.25, 0.3) is 0 Å². The minimum atomic E-state index is -0.0982. The molecule has 0 aliphatic heterocycles. The van der Waals surface area contributed by atoms with E-state index in [2.05, 4.69) is 38.1 Å². The third-order valence-corrected chi connectivity index (χ3v) is 6.18. The molecule has 0 aliphatic carbocycles. The number of methoxy groups -OCH3 is 1. The van der Waals surface area contributed by atoms with Crippen LogP contribution in [-0.2, 0) is 17.9 Å². The van der Waals surface area contributed by atoms with Crippen LogP contribution in [-0.4, -0.2) is 48.8 Å². The number of carbonyl (C=O) groups is 1. The van der Waals surface area contributed by atoms with E-state index in [1.807, 2.05) is 61.0 Å². The Hall–Kier alpha value is -3.66. The lowest BCUT2D eigenvalue weighted by atomic mass is 10.2. The number of nitrogens with zero attached hydrogens (tertiary/aromatic N) is 6. The smallest absolute Gasteiger partial charge is 0.230 e. The van der Waals surface area contributed by atoms with Crippen molar-refractivity contribution in [2.75, 3.05) is 12.9 Å². The molecule has 9 nitrogen and oxygen atoms in total. The third-order valence-electron chi connectivity index (χ3n) is 5.26. The zero-order valence-corrected chi connectivity index (χ0v) is 19.5. The molecule has 0 spiro atoms. The lowest BCUT2D eigenvalue weighted by molar-refractivity contribution is -0.118. The number of thioether (sulfide) groups is 1. The van der Waals surface area contributed by atoms with Gasteiger partial charge in [-0.15, -0.1) is 5.10 Å². The number of nitrogens with one attached hydrogen (secondary N) is 1. The largest absolute Gasteiger partial charge is 0.497 e. The maximum atomic E-state index is 12.5. The highest BCUT2D eigenvalue weighted by molar-refractivity contribution is 7.99. The number of benzene rings is 2. The molecule has 0 bridgehead atoms. The zero-order chi connectivity index (χ0) is 23.2. The van der Waals surface area contributed by atoms with Crippen LogP contribution in [0.15, 0.2) is 59.8 Å². The number of tetrazole rings is 1. The Kier molecular flexibility index (Phi) is 7.04. The highest BCUT2D eigenvalue weighted by Crippen LogP contribution is 2.20. The van der Waals surface area contributed by atoms with Crippen LogP contribution >= 0.6 is 11.8 Å². The first-order valence-electron chi connectivity index (χ1n) is 10.4. The quantitative estimate of drug-likeness (QED) is 0.381. The molecule has 170 valence electrons. The van der Waals surface area contributed by atoms with Crippen LogP contribution < -0.4 is 10.1 Å². The van der Waals surface area contributed by atoms with E-state index in [-0.39, 0.29) is 11.7 Å². The summed E-state index contributed by atoms with van der Waals surface area (Å²) in [5.74, 6) is 0.851. The average molecular weight is 464 g/mol. The van der Waals surface area contributed by atoms with Gasteiger partial charge in [-0.3, -0.25) is 9.48 Å². The van der Waals surface area contributed by atoms with Gasteiger partial charge in [0.2, 0.25) is 11.1 Å². The number of carbonyl (C=O) groups excluding carboxylic acids is 1. The van der Waals surface area contributed by atoms with Gasteiger partial charge in [-0.1, -0.05) is 42.1 Å². The Morgan fingerprint density at radius 2 is 1.85 bits per heavy atom. The van der Waals surface area contributed by atoms with Crippen molar-refractivity contribution < 1.29 is 9.53 Å². The Labute approximate surface area is 196 Å². The minimum absolute atomic E-state index is 0.0982. The molecule has 0 unspecified atom stereocenters. The van der Waals surface area contributed by atoms with Gasteiger partial charge >= 0.3 is 0 Å². The first-order chi connectivity index (χ1) is 16.0. The lowest BCUT2D eigenvalue weighted by Crippen LogP contribution is -2.25. The van der Waals surface area contributed by atoms with Gasteiger partial charge < -0.3 is 10.1 Å². The molecule has 10 heteroatoms. The lowest BCUT2D eigenvalue weighted by Gasteiger charge is -2.08. The van der Waals surface area contributed by atoms with E-state index >= 15 is 0 Å². The van der Waals surface area contributed by atoms with Crippen LogP contribution in [0.25, 0.3) is 5.69 Å². The highest BCUT2D eigenvalue weighted by Gasteiger charge is 2.15. The summed E-state index contributed by atoms with van der Waals surface area (Å²) in [6.07, 6.45) is 0. The zero-order valence-electron chi connectivity index (χ0n) is 18.7. The van der Waals surface area contributed by atoms with Gasteiger partial charge in [0.05, 0.1) is 30.8 Å². The first-order valence-corrected chi connectivity index (χ1v) is 11.4. The van der Waals surface area contributed by atoms with E-state index < -0.39 is 0 Å². The maximum absolute atomic E-state index is 12.5. The summed E-state index contributed by atoms with van der Waals surface area (Å²) in [7, 11) is 1.61. The second kappa shape index (κ2) is 10.3. The molecule has 2 aromatic heterocycles. The molecule has 2 aromatic carbocycles. The Balaban J connectivity index is 1.34. The molecule has 0 aliphatic rings. The van der Waals surface area contributed by atoms with Gasteiger partial charge in [-0.2, -0.15) is 9.78 Å². The number of ether oxygens (including phenoxy) is 1. The van der Waals surface area contributed by atoms with Crippen molar-refractivity contribution in [3.05, 3.63) is 77.1 Å². The Morgan fingerprint density at radius 3 is 2.58 bits per heavy atom. The molecule has 0 fully saturated rings. The number of hydrogen-bond donors (Lipinski definition) is 1. The average Bonchev–Trinajstić information content (AvgIpc) is 3.41. The van der Waals surface area contributed by atoms with Gasteiger partial charge in [-0.25, -0.2) is 0 Å². The normalized spacial score (nSPS) is 10.9. The van der Waals surface area contributed by atoms with Crippen molar-refractivity contribution in [3.8, 4) is 11.4 Å². The first kappa shape index (κ1) is 22.5. The van der Waals surface area contributed by atoms with Gasteiger partial charge in [0.1, 0.15) is 5.75 Å². The van der Waals surface area contributed by atoms with E-state index in [1.54, 1.807) is 11.8 Å². The molecule has 33 heavy (non-hydrogen) atoms. The molecule has 2 heterocycles. The predicted octanol–water partition coefficient (Wildman–Crippen LogP) is 2.94. The second-order valence-electron chi connectivity index (χ2n) is 7.43. The minimum Gasteiger partial charge on any atom is -0.497 e. The molecule has 0 saturated heterocycles. The Bertz CT molecular complexity index is 1220. The summed E-state index contributed by atoms with van der Waals surface area (Å²) in [6, 6.07) is 17.6. The third kappa shape index (κ3) is 5.40. The molecule has 1 amide bonds. The van der Waals surface area contributed by atoms with Crippen molar-refractivity contribution in [3.63, 3.8) is 0 Å². The topological polar surface area (TPSA) is 99.8 Å².